The van der Waals surface area contributed by atoms with Gasteiger partial charge in [-0.05, 0) is 36.0 Å². The van der Waals surface area contributed by atoms with Gasteiger partial charge in [0.15, 0.2) is 0 Å². The molecule has 13 heavy (non-hydrogen) atoms. The van der Waals surface area contributed by atoms with Crippen molar-refractivity contribution in [1.82, 2.24) is 0 Å². The standard InChI is InChI=1S/C11H14ClN/c12-7-8-1-2-9-3-4-11(13)6-10(9)5-8/h1-2,5,11H,3-4,6-7,13H2/t11-/m0/s1. The van der Waals surface area contributed by atoms with Gasteiger partial charge in [0, 0.05) is 11.9 Å². The molecule has 1 aliphatic rings. The molecule has 0 heterocycles. The Morgan fingerprint density at radius 2 is 2.23 bits per heavy atom. The molecular weight excluding hydrogens is 182 g/mol. The molecule has 1 atom stereocenters. The fraction of sp³-hybridized carbons (Fsp3) is 0.455. The van der Waals surface area contributed by atoms with Crippen molar-refractivity contribution in [2.75, 3.05) is 0 Å². The van der Waals surface area contributed by atoms with Crippen LogP contribution in [0.2, 0.25) is 0 Å². The molecule has 1 nitrogen and oxygen atoms in total. The van der Waals surface area contributed by atoms with E-state index in [1.165, 1.54) is 16.7 Å². The van der Waals surface area contributed by atoms with Crippen LogP contribution in [-0.4, -0.2) is 6.04 Å². The summed E-state index contributed by atoms with van der Waals surface area (Å²) in [5.74, 6) is 0.600. The van der Waals surface area contributed by atoms with Crippen LogP contribution in [0, 0.1) is 0 Å². The van der Waals surface area contributed by atoms with E-state index in [9.17, 15) is 0 Å². The molecule has 0 aliphatic heterocycles. The van der Waals surface area contributed by atoms with Crippen LogP contribution < -0.4 is 5.73 Å². The van der Waals surface area contributed by atoms with E-state index in [0.29, 0.717) is 11.9 Å². The van der Waals surface area contributed by atoms with Gasteiger partial charge in [0.25, 0.3) is 0 Å². The van der Waals surface area contributed by atoms with Crippen molar-refractivity contribution in [3.8, 4) is 0 Å². The Bertz CT molecular complexity index is 309. The topological polar surface area (TPSA) is 26.0 Å². The summed E-state index contributed by atoms with van der Waals surface area (Å²) in [7, 11) is 0. The van der Waals surface area contributed by atoms with Crippen molar-refractivity contribution in [1.29, 1.82) is 0 Å². The van der Waals surface area contributed by atoms with E-state index in [-0.39, 0.29) is 0 Å². The summed E-state index contributed by atoms with van der Waals surface area (Å²) in [6, 6.07) is 6.85. The molecule has 0 aromatic heterocycles. The highest BCUT2D eigenvalue weighted by Crippen LogP contribution is 2.22. The van der Waals surface area contributed by atoms with Crippen LogP contribution in [0.5, 0.6) is 0 Å². The molecule has 2 rings (SSSR count). The number of alkyl halides is 1. The second-order valence-electron chi connectivity index (χ2n) is 3.74. The highest BCUT2D eigenvalue weighted by Gasteiger charge is 2.14. The zero-order chi connectivity index (χ0) is 9.26. The minimum atomic E-state index is 0.345. The molecule has 1 aliphatic carbocycles. The average Bonchev–Trinajstić information content (AvgIpc) is 2.16. The maximum Gasteiger partial charge on any atom is 0.0474 e. The van der Waals surface area contributed by atoms with Crippen molar-refractivity contribution < 1.29 is 0 Å². The van der Waals surface area contributed by atoms with Crippen LogP contribution in [0.3, 0.4) is 0 Å². The largest absolute Gasteiger partial charge is 0.327 e. The average molecular weight is 196 g/mol. The predicted octanol–water partition coefficient (Wildman–Crippen LogP) is 2.24. The number of hydrogen-bond donors (Lipinski definition) is 1. The third-order valence-corrected chi connectivity index (χ3v) is 3.00. The van der Waals surface area contributed by atoms with Crippen LogP contribution in [0.25, 0.3) is 0 Å². The van der Waals surface area contributed by atoms with Crippen LogP contribution in [0.15, 0.2) is 18.2 Å². The van der Waals surface area contributed by atoms with Crippen LogP contribution in [0.1, 0.15) is 23.1 Å². The van der Waals surface area contributed by atoms with Gasteiger partial charge in [-0.15, -0.1) is 11.6 Å². The van der Waals surface area contributed by atoms with Gasteiger partial charge in [0.1, 0.15) is 0 Å². The predicted molar refractivity (Wildman–Crippen MR) is 56.0 cm³/mol. The molecule has 0 radical (unpaired) electrons. The summed E-state index contributed by atoms with van der Waals surface area (Å²) in [4.78, 5) is 0. The quantitative estimate of drug-likeness (QED) is 0.684. The molecule has 0 saturated carbocycles. The van der Waals surface area contributed by atoms with E-state index in [2.05, 4.69) is 18.2 Å². The Morgan fingerprint density at radius 1 is 1.38 bits per heavy atom. The van der Waals surface area contributed by atoms with E-state index < -0.39 is 0 Å². The first kappa shape index (κ1) is 9.04. The first-order valence-corrected chi connectivity index (χ1v) is 5.25. The first-order valence-electron chi connectivity index (χ1n) is 4.72. The Hall–Kier alpha value is -0.530. The van der Waals surface area contributed by atoms with Gasteiger partial charge in [0.05, 0.1) is 0 Å². The lowest BCUT2D eigenvalue weighted by Gasteiger charge is -2.21. The molecule has 0 amide bonds. The second-order valence-corrected chi connectivity index (χ2v) is 4.01. The van der Waals surface area contributed by atoms with Crippen molar-refractivity contribution in [3.63, 3.8) is 0 Å². The maximum atomic E-state index is 5.91. The van der Waals surface area contributed by atoms with Gasteiger partial charge >= 0.3 is 0 Å². The zero-order valence-electron chi connectivity index (χ0n) is 7.59. The molecule has 0 bridgehead atoms. The van der Waals surface area contributed by atoms with Crippen molar-refractivity contribution in [3.05, 3.63) is 34.9 Å². The summed E-state index contributed by atoms with van der Waals surface area (Å²) >= 11 is 5.77. The molecule has 1 aromatic carbocycles. The Morgan fingerprint density at radius 3 is 3.00 bits per heavy atom. The molecule has 0 unspecified atom stereocenters. The third kappa shape index (κ3) is 1.87. The van der Waals surface area contributed by atoms with Crippen molar-refractivity contribution in [2.45, 2.75) is 31.2 Å². The molecule has 0 spiro atoms. The zero-order valence-corrected chi connectivity index (χ0v) is 8.35. The Balaban J connectivity index is 2.32. The van der Waals surface area contributed by atoms with E-state index in [4.69, 9.17) is 17.3 Å². The Kier molecular flexibility index (Phi) is 2.56. The van der Waals surface area contributed by atoms with E-state index >= 15 is 0 Å². The summed E-state index contributed by atoms with van der Waals surface area (Å²) in [5, 5.41) is 0. The van der Waals surface area contributed by atoms with E-state index in [1.54, 1.807) is 0 Å². The van der Waals surface area contributed by atoms with Gasteiger partial charge in [-0.2, -0.15) is 0 Å². The maximum absolute atomic E-state index is 5.91. The monoisotopic (exact) mass is 195 g/mol. The van der Waals surface area contributed by atoms with Crippen LogP contribution in [-0.2, 0) is 18.7 Å². The van der Waals surface area contributed by atoms with E-state index in [0.717, 1.165) is 19.3 Å². The smallest absolute Gasteiger partial charge is 0.0474 e. The molecule has 2 heteroatoms. The number of fused-ring (bicyclic) bond motifs is 1. The third-order valence-electron chi connectivity index (χ3n) is 2.69. The molecule has 1 aromatic rings. The number of rotatable bonds is 1. The van der Waals surface area contributed by atoms with Gasteiger partial charge in [0.2, 0.25) is 0 Å². The minimum Gasteiger partial charge on any atom is -0.327 e. The number of benzene rings is 1. The van der Waals surface area contributed by atoms with Crippen LogP contribution in [0.4, 0.5) is 0 Å². The normalized spacial score (nSPS) is 21.2. The summed E-state index contributed by atoms with van der Waals surface area (Å²) in [6.45, 7) is 0. The first-order chi connectivity index (χ1) is 6.29. The SMILES string of the molecule is N[C@H]1CCc2ccc(CCl)cc2C1. The second kappa shape index (κ2) is 3.69. The molecule has 70 valence electrons. The number of halogens is 1. The molecule has 0 saturated heterocycles. The number of nitrogens with two attached hydrogens (primary N) is 1. The van der Waals surface area contributed by atoms with E-state index in [1.807, 2.05) is 0 Å². The lowest BCUT2D eigenvalue weighted by molar-refractivity contribution is 0.576. The lowest BCUT2D eigenvalue weighted by Crippen LogP contribution is -2.27. The van der Waals surface area contributed by atoms with Gasteiger partial charge in [-0.3, -0.25) is 0 Å². The van der Waals surface area contributed by atoms with Crippen molar-refractivity contribution >= 4 is 11.6 Å². The summed E-state index contributed by atoms with van der Waals surface area (Å²) in [5.41, 5.74) is 9.97. The van der Waals surface area contributed by atoms with Gasteiger partial charge in [-0.25, -0.2) is 0 Å². The van der Waals surface area contributed by atoms with Crippen LogP contribution >= 0.6 is 11.6 Å². The fourth-order valence-electron chi connectivity index (χ4n) is 1.92. The summed E-state index contributed by atoms with van der Waals surface area (Å²) in [6.07, 6.45) is 3.26. The highest BCUT2D eigenvalue weighted by atomic mass is 35.5. The highest BCUT2D eigenvalue weighted by molar-refractivity contribution is 6.17. The molecular formula is C11H14ClN. The Labute approximate surface area is 83.9 Å². The summed E-state index contributed by atoms with van der Waals surface area (Å²) < 4.78 is 0. The minimum absolute atomic E-state index is 0.345. The number of hydrogen-bond acceptors (Lipinski definition) is 1. The van der Waals surface area contributed by atoms with Crippen molar-refractivity contribution in [2.24, 2.45) is 5.73 Å². The lowest BCUT2D eigenvalue weighted by atomic mass is 9.88. The number of aryl methyl sites for hydroxylation is 1. The van der Waals surface area contributed by atoms with Gasteiger partial charge < -0.3 is 5.73 Å². The van der Waals surface area contributed by atoms with Gasteiger partial charge in [-0.1, -0.05) is 18.2 Å². The molecule has 0 fully saturated rings. The molecule has 2 N–H and O–H groups in total. The fourth-order valence-corrected chi connectivity index (χ4v) is 2.09.